The Kier molecular flexibility index (Phi) is 2.87. The summed E-state index contributed by atoms with van der Waals surface area (Å²) in [5, 5.41) is 0. The quantitative estimate of drug-likeness (QED) is 0.869. The van der Waals surface area contributed by atoms with Gasteiger partial charge in [-0.1, -0.05) is 12.1 Å². The van der Waals surface area contributed by atoms with Crippen molar-refractivity contribution in [3.63, 3.8) is 0 Å². The lowest BCUT2D eigenvalue weighted by molar-refractivity contribution is -0.118. The second-order valence-electron chi connectivity index (χ2n) is 5.73. The smallest absolute Gasteiger partial charge is 0.227 e. The third-order valence-corrected chi connectivity index (χ3v) is 4.59. The molecule has 1 saturated heterocycles. The van der Waals surface area contributed by atoms with Gasteiger partial charge in [-0.05, 0) is 30.5 Å². The van der Waals surface area contributed by atoms with E-state index in [9.17, 15) is 4.79 Å². The second kappa shape index (κ2) is 4.32. The minimum Gasteiger partial charge on any atom is -0.379 e. The predicted octanol–water partition coefficient (Wildman–Crippen LogP) is 1.21. The maximum Gasteiger partial charge on any atom is 0.227 e. The number of fused-ring (bicyclic) bond motifs is 1. The summed E-state index contributed by atoms with van der Waals surface area (Å²) < 4.78 is 5.39. The van der Waals surface area contributed by atoms with E-state index in [4.69, 9.17) is 10.5 Å². The number of carbonyl (C=O) groups is 1. The Hall–Kier alpha value is -1.39. The maximum absolute atomic E-state index is 11.7. The van der Waals surface area contributed by atoms with Crippen LogP contribution >= 0.6 is 0 Å². The summed E-state index contributed by atoms with van der Waals surface area (Å²) in [6, 6.07) is 6.43. The first-order chi connectivity index (χ1) is 9.04. The molecule has 4 heteroatoms. The fourth-order valence-corrected chi connectivity index (χ4v) is 2.98. The van der Waals surface area contributed by atoms with Gasteiger partial charge in [0.05, 0.1) is 18.6 Å². The number of hydrogen-bond donors (Lipinski definition) is 1. The normalized spacial score (nSPS) is 22.7. The largest absolute Gasteiger partial charge is 0.379 e. The van der Waals surface area contributed by atoms with E-state index >= 15 is 0 Å². The molecule has 102 valence electrons. The lowest BCUT2D eigenvalue weighted by atomic mass is 9.72. The van der Waals surface area contributed by atoms with Crippen molar-refractivity contribution < 1.29 is 9.53 Å². The summed E-state index contributed by atoms with van der Waals surface area (Å²) in [5.41, 5.74) is 9.61. The van der Waals surface area contributed by atoms with Crippen LogP contribution in [-0.2, 0) is 21.4 Å². The summed E-state index contributed by atoms with van der Waals surface area (Å²) in [6.45, 7) is 3.42. The second-order valence-corrected chi connectivity index (χ2v) is 5.73. The van der Waals surface area contributed by atoms with Gasteiger partial charge in [0.2, 0.25) is 5.91 Å². The molecular weight excluding hydrogens is 240 g/mol. The molecule has 0 radical (unpaired) electrons. The lowest BCUT2D eigenvalue weighted by Crippen LogP contribution is -2.57. The number of rotatable bonds is 2. The summed E-state index contributed by atoms with van der Waals surface area (Å²) in [5.74, 6) is 0.189. The van der Waals surface area contributed by atoms with Gasteiger partial charge in [-0.2, -0.15) is 0 Å². The van der Waals surface area contributed by atoms with Crippen molar-refractivity contribution in [2.45, 2.75) is 31.2 Å². The predicted molar refractivity (Wildman–Crippen MR) is 74.3 cm³/mol. The van der Waals surface area contributed by atoms with E-state index in [-0.39, 0.29) is 17.4 Å². The van der Waals surface area contributed by atoms with Crippen LogP contribution in [0.25, 0.3) is 0 Å². The zero-order valence-corrected chi connectivity index (χ0v) is 11.5. The highest BCUT2D eigenvalue weighted by Crippen LogP contribution is 2.38. The van der Waals surface area contributed by atoms with Gasteiger partial charge in [-0.3, -0.25) is 4.79 Å². The van der Waals surface area contributed by atoms with Gasteiger partial charge in [0.15, 0.2) is 0 Å². The van der Waals surface area contributed by atoms with Gasteiger partial charge in [-0.25, -0.2) is 0 Å². The Labute approximate surface area is 113 Å². The molecule has 0 aliphatic carbocycles. The Morgan fingerprint density at radius 1 is 1.37 bits per heavy atom. The molecule has 1 aromatic carbocycles. The van der Waals surface area contributed by atoms with Gasteiger partial charge in [-0.15, -0.1) is 0 Å². The summed E-state index contributed by atoms with van der Waals surface area (Å²) in [4.78, 5) is 13.4. The number of aryl methyl sites for hydroxylation is 1. The molecule has 2 aliphatic rings. The molecule has 0 saturated carbocycles. The van der Waals surface area contributed by atoms with Crippen LogP contribution in [-0.4, -0.2) is 32.2 Å². The zero-order chi connectivity index (χ0) is 13.6. The first-order valence-electron chi connectivity index (χ1n) is 6.78. The van der Waals surface area contributed by atoms with Crippen LogP contribution in [0, 0.1) is 0 Å². The molecule has 19 heavy (non-hydrogen) atoms. The number of nitrogens with zero attached hydrogens (tertiary/aromatic N) is 1. The Bertz CT molecular complexity index is 521. The van der Waals surface area contributed by atoms with Gasteiger partial charge in [0, 0.05) is 25.2 Å². The Morgan fingerprint density at radius 2 is 2.11 bits per heavy atom. The highest BCUT2D eigenvalue weighted by Gasteiger charge is 2.44. The topological polar surface area (TPSA) is 55.6 Å². The average molecular weight is 260 g/mol. The molecule has 3 rings (SSSR count). The van der Waals surface area contributed by atoms with Gasteiger partial charge < -0.3 is 15.4 Å². The van der Waals surface area contributed by atoms with Crippen molar-refractivity contribution >= 4 is 11.6 Å². The summed E-state index contributed by atoms with van der Waals surface area (Å²) in [7, 11) is 1.84. The monoisotopic (exact) mass is 260 g/mol. The average Bonchev–Trinajstić information content (AvgIpc) is 2.32. The number of carbonyl (C=O) groups excluding carboxylic acids is 1. The number of anilines is 1. The van der Waals surface area contributed by atoms with Gasteiger partial charge in [0.25, 0.3) is 0 Å². The molecule has 1 aromatic rings. The number of benzene rings is 1. The van der Waals surface area contributed by atoms with Crippen molar-refractivity contribution in [3.05, 3.63) is 29.3 Å². The summed E-state index contributed by atoms with van der Waals surface area (Å²) in [6.07, 6.45) is 1.41. The van der Waals surface area contributed by atoms with E-state index in [0.717, 1.165) is 12.1 Å². The molecule has 0 bridgehead atoms. The molecule has 2 heterocycles. The molecule has 4 nitrogen and oxygen atoms in total. The Morgan fingerprint density at radius 3 is 2.68 bits per heavy atom. The van der Waals surface area contributed by atoms with Crippen molar-refractivity contribution in [2.75, 3.05) is 25.2 Å². The number of ether oxygens (including phenoxy) is 1. The SMILES string of the molecule is CC(N)C1(c2ccc3c(c2)CCC(=O)N3C)COC1. The third kappa shape index (κ3) is 1.78. The number of hydrogen-bond acceptors (Lipinski definition) is 3. The van der Waals surface area contributed by atoms with Crippen LogP contribution in [0.4, 0.5) is 5.69 Å². The van der Waals surface area contributed by atoms with Crippen molar-refractivity contribution in [3.8, 4) is 0 Å². The van der Waals surface area contributed by atoms with E-state index in [1.807, 2.05) is 20.0 Å². The standard InChI is InChI=1S/C15H20N2O2/c1-10(16)15(8-19-9-15)12-4-5-13-11(7-12)3-6-14(18)17(13)2/h4-5,7,10H,3,6,8-9,16H2,1-2H3. The Balaban J connectivity index is 2.00. The fourth-order valence-electron chi connectivity index (χ4n) is 2.98. The van der Waals surface area contributed by atoms with Crippen LogP contribution < -0.4 is 10.6 Å². The maximum atomic E-state index is 11.7. The van der Waals surface area contributed by atoms with Crippen LogP contribution in [0.5, 0.6) is 0 Å². The highest BCUT2D eigenvalue weighted by molar-refractivity contribution is 5.95. The number of nitrogens with two attached hydrogens (primary N) is 1. The molecule has 1 atom stereocenters. The molecule has 0 aromatic heterocycles. The molecule has 2 N–H and O–H groups in total. The first kappa shape index (κ1) is 12.6. The van der Waals surface area contributed by atoms with E-state index < -0.39 is 0 Å². The molecule has 1 amide bonds. The summed E-state index contributed by atoms with van der Waals surface area (Å²) >= 11 is 0. The van der Waals surface area contributed by atoms with Crippen LogP contribution in [0.15, 0.2) is 18.2 Å². The van der Waals surface area contributed by atoms with E-state index in [0.29, 0.717) is 19.6 Å². The molecule has 1 unspecified atom stereocenters. The van der Waals surface area contributed by atoms with Gasteiger partial charge >= 0.3 is 0 Å². The minimum absolute atomic E-state index is 0.0466. The third-order valence-electron chi connectivity index (χ3n) is 4.59. The van der Waals surface area contributed by atoms with E-state index in [1.54, 1.807) is 4.90 Å². The zero-order valence-electron chi connectivity index (χ0n) is 11.5. The lowest BCUT2D eigenvalue weighted by Gasteiger charge is -2.45. The molecule has 1 fully saturated rings. The van der Waals surface area contributed by atoms with Crippen molar-refractivity contribution in [1.82, 2.24) is 0 Å². The molecule has 0 spiro atoms. The fraction of sp³-hybridized carbons (Fsp3) is 0.533. The van der Waals surface area contributed by atoms with E-state index in [1.165, 1.54) is 11.1 Å². The van der Waals surface area contributed by atoms with Crippen LogP contribution in [0.2, 0.25) is 0 Å². The van der Waals surface area contributed by atoms with Crippen molar-refractivity contribution in [2.24, 2.45) is 5.73 Å². The van der Waals surface area contributed by atoms with Crippen molar-refractivity contribution in [1.29, 1.82) is 0 Å². The van der Waals surface area contributed by atoms with Gasteiger partial charge in [0.1, 0.15) is 0 Å². The van der Waals surface area contributed by atoms with Crippen LogP contribution in [0.3, 0.4) is 0 Å². The van der Waals surface area contributed by atoms with E-state index in [2.05, 4.69) is 12.1 Å². The molecular formula is C15H20N2O2. The minimum atomic E-state index is -0.0466. The highest BCUT2D eigenvalue weighted by atomic mass is 16.5. The first-order valence-corrected chi connectivity index (χ1v) is 6.78. The number of amides is 1. The van der Waals surface area contributed by atoms with Crippen LogP contribution in [0.1, 0.15) is 24.5 Å². The molecule has 2 aliphatic heterocycles.